The molecule has 0 aliphatic rings. The first-order valence-electron chi connectivity index (χ1n) is 2.54. The highest BCUT2D eigenvalue weighted by atomic mass is 35.5. The van der Waals surface area contributed by atoms with Crippen LogP contribution in [-0.2, 0) is 9.08 Å². The fraction of sp³-hybridized carbons (Fsp3) is 0.800. The second-order valence-electron chi connectivity index (χ2n) is 1.19. The van der Waals surface area contributed by atoms with Crippen LogP contribution < -0.4 is 0 Å². The van der Waals surface area contributed by atoms with Gasteiger partial charge in [0, 0.05) is 0 Å². The van der Waals surface area contributed by atoms with Crippen LogP contribution in [-0.4, -0.2) is 6.47 Å². The van der Waals surface area contributed by atoms with Gasteiger partial charge < -0.3 is 4.29 Å². The van der Waals surface area contributed by atoms with Gasteiger partial charge in [-0.05, 0) is 0 Å². The van der Waals surface area contributed by atoms with Crippen molar-refractivity contribution in [1.29, 1.82) is 0 Å². The summed E-state index contributed by atoms with van der Waals surface area (Å²) >= 11 is 4.32. The smallest absolute Gasteiger partial charge is 0.312 e. The van der Waals surface area contributed by atoms with Crippen molar-refractivity contribution in [2.24, 2.45) is 0 Å². The second-order valence-corrected chi connectivity index (χ2v) is 1.36. The van der Waals surface area contributed by atoms with Gasteiger partial charge in [-0.3, -0.25) is 4.79 Å². The summed E-state index contributed by atoms with van der Waals surface area (Å²) in [6, 6.07) is 0. The van der Waals surface area contributed by atoms with Crippen molar-refractivity contribution in [3.05, 3.63) is 0 Å². The summed E-state index contributed by atoms with van der Waals surface area (Å²) in [5.41, 5.74) is 0. The van der Waals surface area contributed by atoms with Crippen LogP contribution in [0.5, 0.6) is 0 Å². The monoisotopic (exact) mass is 138 g/mol. The van der Waals surface area contributed by atoms with Crippen molar-refractivity contribution in [1.82, 2.24) is 0 Å². The van der Waals surface area contributed by atoms with E-state index in [1.807, 2.05) is 0 Å². The summed E-state index contributed by atoms with van der Waals surface area (Å²) < 4.78 is 3.33. The van der Waals surface area contributed by atoms with E-state index in [0.29, 0.717) is 0 Å². The lowest BCUT2D eigenvalue weighted by molar-refractivity contribution is -0.120. The van der Waals surface area contributed by atoms with Gasteiger partial charge in [-0.2, -0.15) is 0 Å². The average Bonchev–Trinajstić information content (AvgIpc) is 1.88. The zero-order valence-electron chi connectivity index (χ0n) is 5.19. The van der Waals surface area contributed by atoms with Crippen LogP contribution in [0.2, 0.25) is 0 Å². The van der Waals surface area contributed by atoms with E-state index in [1.165, 1.54) is 12.8 Å². The Morgan fingerprint density at radius 3 is 1.75 bits per heavy atom. The van der Waals surface area contributed by atoms with Gasteiger partial charge in [0.15, 0.2) is 0 Å². The Hall–Kier alpha value is -0.240. The Morgan fingerprint density at radius 1 is 1.50 bits per heavy atom. The molecular weight excluding hydrogens is 128 g/mol. The Kier molecular flexibility index (Phi) is 21.2. The number of unbranched alkanes of at least 4 members (excludes halogenated alkanes) is 1. The normalized spacial score (nSPS) is 6.38. The minimum atomic E-state index is 0.140. The van der Waals surface area contributed by atoms with Crippen molar-refractivity contribution in [3.8, 4) is 0 Å². The second kappa shape index (κ2) is 15.9. The van der Waals surface area contributed by atoms with Gasteiger partial charge in [-0.15, -0.1) is 0 Å². The minimum absolute atomic E-state index is 0.140. The number of hydrogen-bond acceptors (Lipinski definition) is 2. The summed E-state index contributed by atoms with van der Waals surface area (Å²) in [6.45, 7) is 4.50. The van der Waals surface area contributed by atoms with E-state index < -0.39 is 0 Å². The molecule has 0 rings (SSSR count). The predicted octanol–water partition coefficient (Wildman–Crippen LogP) is 2.12. The summed E-state index contributed by atoms with van der Waals surface area (Å²) in [6.07, 6.45) is 2.64. The van der Waals surface area contributed by atoms with Crippen LogP contribution in [0, 0.1) is 0 Å². The molecule has 0 aliphatic carbocycles. The van der Waals surface area contributed by atoms with Gasteiger partial charge in [0.05, 0.1) is 0 Å². The molecule has 8 heavy (non-hydrogen) atoms. The van der Waals surface area contributed by atoms with Crippen molar-refractivity contribution in [2.75, 3.05) is 0 Å². The standard InChI is InChI=1S/C4H10.CHClO2/c1-3-4-2;2-4-1-3/h3-4H2,1-2H3;1H. The molecule has 0 unspecified atom stereocenters. The molecule has 50 valence electrons. The number of halogens is 1. The molecule has 2 nitrogen and oxygen atoms in total. The third kappa shape index (κ3) is 42.1. The molecule has 0 heterocycles. The van der Waals surface area contributed by atoms with E-state index in [2.05, 4.69) is 30.0 Å². The van der Waals surface area contributed by atoms with Crippen molar-refractivity contribution >= 4 is 18.3 Å². The van der Waals surface area contributed by atoms with E-state index >= 15 is 0 Å². The summed E-state index contributed by atoms with van der Waals surface area (Å²) in [4.78, 5) is 8.82. The largest absolute Gasteiger partial charge is 0.350 e. The van der Waals surface area contributed by atoms with Crippen LogP contribution in [0.15, 0.2) is 0 Å². The van der Waals surface area contributed by atoms with Crippen LogP contribution in [0.25, 0.3) is 0 Å². The molecule has 0 amide bonds. The van der Waals surface area contributed by atoms with Gasteiger partial charge in [0.1, 0.15) is 11.9 Å². The van der Waals surface area contributed by atoms with Crippen molar-refractivity contribution in [3.63, 3.8) is 0 Å². The predicted molar refractivity (Wildman–Crippen MR) is 33.6 cm³/mol. The van der Waals surface area contributed by atoms with E-state index in [1.54, 1.807) is 0 Å². The lowest BCUT2D eigenvalue weighted by Gasteiger charge is -1.68. The molecule has 0 spiro atoms. The van der Waals surface area contributed by atoms with Crippen molar-refractivity contribution in [2.45, 2.75) is 26.7 Å². The Balaban J connectivity index is 0. The van der Waals surface area contributed by atoms with Crippen molar-refractivity contribution < 1.29 is 9.08 Å². The van der Waals surface area contributed by atoms with Gasteiger partial charge in [0.2, 0.25) is 0 Å². The van der Waals surface area contributed by atoms with E-state index in [9.17, 15) is 0 Å². The average molecular weight is 139 g/mol. The van der Waals surface area contributed by atoms with Gasteiger partial charge in [-0.1, -0.05) is 26.7 Å². The molecule has 0 N–H and O–H groups in total. The first kappa shape index (κ1) is 10.7. The lowest BCUT2D eigenvalue weighted by Crippen LogP contribution is -1.57. The molecule has 3 heteroatoms. The maximum absolute atomic E-state index is 8.82. The minimum Gasteiger partial charge on any atom is -0.350 e. The first-order chi connectivity index (χ1) is 3.83. The summed E-state index contributed by atoms with van der Waals surface area (Å²) in [7, 11) is 0. The summed E-state index contributed by atoms with van der Waals surface area (Å²) in [5, 5.41) is 0. The third-order valence-corrected chi connectivity index (χ3v) is 0.609. The molecule has 0 aromatic carbocycles. The first-order valence-corrected chi connectivity index (χ1v) is 2.85. The number of carbonyl (C=O) groups excluding carboxylic acids is 1. The molecule has 0 aromatic heterocycles. The quantitative estimate of drug-likeness (QED) is 0.547. The third-order valence-electron chi connectivity index (χ3n) is 0.536. The molecule has 0 aromatic rings. The molecule has 0 saturated carbocycles. The lowest BCUT2D eigenvalue weighted by atomic mass is 10.4. The highest BCUT2D eigenvalue weighted by Crippen LogP contribution is 1.76. The summed E-state index contributed by atoms with van der Waals surface area (Å²) in [5.74, 6) is 0. The fourth-order valence-electron chi connectivity index (χ4n) is 0. The van der Waals surface area contributed by atoms with Gasteiger partial charge in [0.25, 0.3) is 0 Å². The maximum atomic E-state index is 8.82. The molecule has 0 radical (unpaired) electrons. The van der Waals surface area contributed by atoms with E-state index in [-0.39, 0.29) is 6.47 Å². The molecule has 0 saturated heterocycles. The highest BCUT2D eigenvalue weighted by molar-refractivity contribution is 6.10. The van der Waals surface area contributed by atoms with E-state index in [0.717, 1.165) is 0 Å². The van der Waals surface area contributed by atoms with Crippen LogP contribution >= 0.6 is 11.9 Å². The van der Waals surface area contributed by atoms with Gasteiger partial charge >= 0.3 is 6.47 Å². The number of hydrogen-bond donors (Lipinski definition) is 0. The molecule has 0 atom stereocenters. The Labute approximate surface area is 55.0 Å². The number of rotatable bonds is 2. The number of carbonyl (C=O) groups is 1. The molecule has 0 fully saturated rings. The van der Waals surface area contributed by atoms with Crippen LogP contribution in [0.3, 0.4) is 0 Å². The fourth-order valence-corrected chi connectivity index (χ4v) is 0. The van der Waals surface area contributed by atoms with Gasteiger partial charge in [-0.25, -0.2) is 0 Å². The Morgan fingerprint density at radius 2 is 1.75 bits per heavy atom. The topological polar surface area (TPSA) is 26.3 Å². The zero-order valence-corrected chi connectivity index (χ0v) is 5.94. The molecule has 0 aliphatic heterocycles. The Bertz CT molecular complexity index is 37.4. The van der Waals surface area contributed by atoms with Crippen LogP contribution in [0.4, 0.5) is 0 Å². The zero-order chi connectivity index (χ0) is 6.83. The highest BCUT2D eigenvalue weighted by Gasteiger charge is 1.56. The van der Waals surface area contributed by atoms with E-state index in [4.69, 9.17) is 4.79 Å². The SMILES string of the molecule is CCCC.O=COCl. The maximum Gasteiger partial charge on any atom is 0.312 e. The molecular formula is C5H11ClO2. The van der Waals surface area contributed by atoms with Crippen LogP contribution in [0.1, 0.15) is 26.7 Å². The molecule has 0 bridgehead atoms.